The van der Waals surface area contributed by atoms with Gasteiger partial charge in [-0.2, -0.15) is 0 Å². The van der Waals surface area contributed by atoms with Gasteiger partial charge in [0.1, 0.15) is 0 Å². The van der Waals surface area contributed by atoms with E-state index >= 15 is 0 Å². The van der Waals surface area contributed by atoms with E-state index in [-0.39, 0.29) is 0 Å². The quantitative estimate of drug-likeness (QED) is 0.661. The van der Waals surface area contributed by atoms with E-state index in [2.05, 4.69) is 11.5 Å². The van der Waals surface area contributed by atoms with E-state index in [0.717, 1.165) is 19.1 Å². The molecule has 1 unspecified atom stereocenters. The van der Waals surface area contributed by atoms with Crippen LogP contribution in [0.3, 0.4) is 0 Å². The van der Waals surface area contributed by atoms with E-state index in [1.54, 1.807) is 14.2 Å². The van der Waals surface area contributed by atoms with E-state index in [1.165, 1.54) is 0 Å². The first-order chi connectivity index (χ1) is 6.18. The third-order valence-corrected chi connectivity index (χ3v) is 6.52. The highest BCUT2D eigenvalue weighted by molar-refractivity contribution is 6.65. The molecule has 0 radical (unpaired) electrons. The van der Waals surface area contributed by atoms with E-state index in [0.29, 0.717) is 12.5 Å². The Balaban J connectivity index is 2.67. The zero-order chi connectivity index (χ0) is 9.90. The van der Waals surface area contributed by atoms with Crippen LogP contribution >= 0.6 is 0 Å². The molecule has 1 saturated heterocycles. The fourth-order valence-electron chi connectivity index (χ4n) is 2.07. The molecular formula is C8H20N2O2Si. The van der Waals surface area contributed by atoms with Crippen molar-refractivity contribution in [3.8, 4) is 0 Å². The summed E-state index contributed by atoms with van der Waals surface area (Å²) in [6, 6.07) is 1.06. The lowest BCUT2D eigenvalue weighted by molar-refractivity contribution is 0.184. The predicted molar refractivity (Wildman–Crippen MR) is 54.4 cm³/mol. The maximum atomic E-state index is 5.57. The normalized spacial score (nSPS) is 28.2. The summed E-state index contributed by atoms with van der Waals surface area (Å²) in [5, 5.41) is 0. The van der Waals surface area contributed by atoms with Crippen molar-refractivity contribution in [1.82, 2.24) is 4.57 Å². The molecule has 78 valence electrons. The molecule has 0 saturated carbocycles. The summed E-state index contributed by atoms with van der Waals surface area (Å²) in [7, 11) is 1.45. The molecule has 1 rings (SSSR count). The zero-order valence-corrected chi connectivity index (χ0v) is 9.75. The van der Waals surface area contributed by atoms with Crippen LogP contribution in [-0.2, 0) is 8.85 Å². The Morgan fingerprint density at radius 3 is 2.54 bits per heavy atom. The summed E-state index contributed by atoms with van der Waals surface area (Å²) in [6.45, 7) is 4.86. The van der Waals surface area contributed by atoms with Gasteiger partial charge in [0, 0.05) is 33.4 Å². The summed E-state index contributed by atoms with van der Waals surface area (Å²) >= 11 is 0. The number of nitrogens with zero attached hydrogens (tertiary/aromatic N) is 1. The summed E-state index contributed by atoms with van der Waals surface area (Å²) < 4.78 is 13.4. The Hall–Kier alpha value is 0.0569. The molecule has 0 aliphatic carbocycles. The van der Waals surface area contributed by atoms with Gasteiger partial charge in [-0.3, -0.25) is 4.57 Å². The van der Waals surface area contributed by atoms with Crippen LogP contribution in [0.2, 0.25) is 6.04 Å². The van der Waals surface area contributed by atoms with Gasteiger partial charge in [-0.05, 0) is 12.5 Å². The van der Waals surface area contributed by atoms with Crippen molar-refractivity contribution in [3.05, 3.63) is 0 Å². The van der Waals surface area contributed by atoms with Crippen LogP contribution in [0.4, 0.5) is 0 Å². The fraction of sp³-hybridized carbons (Fsp3) is 1.00. The minimum absolute atomic E-state index is 0.665. The first-order valence-electron chi connectivity index (χ1n) is 4.74. The van der Waals surface area contributed by atoms with Crippen molar-refractivity contribution < 1.29 is 8.85 Å². The summed E-state index contributed by atoms with van der Waals surface area (Å²) in [6.07, 6.45) is 0. The molecule has 1 aliphatic heterocycles. The largest absolute Gasteiger partial charge is 0.427 e. The van der Waals surface area contributed by atoms with E-state index < -0.39 is 8.72 Å². The SMILES string of the molecule is CO[Si]1(OC)CC(C)CN1CCN. The van der Waals surface area contributed by atoms with E-state index in [1.807, 2.05) is 0 Å². The standard InChI is InChI=1S/C8H20N2O2Si/c1-8-6-10(5-4-9)13(7-8,11-2)12-3/h8H,4-7,9H2,1-3H3. The lowest BCUT2D eigenvalue weighted by atomic mass is 10.2. The second-order valence-corrected chi connectivity index (χ2v) is 6.95. The van der Waals surface area contributed by atoms with Crippen LogP contribution < -0.4 is 5.73 Å². The monoisotopic (exact) mass is 204 g/mol. The Kier molecular flexibility index (Phi) is 3.87. The molecule has 1 aliphatic rings. The fourth-order valence-corrected chi connectivity index (χ4v) is 5.42. The predicted octanol–water partition coefficient (Wildman–Crippen LogP) is 0.129. The molecule has 2 N–H and O–H groups in total. The van der Waals surface area contributed by atoms with Gasteiger partial charge in [0.25, 0.3) is 0 Å². The van der Waals surface area contributed by atoms with Crippen LogP contribution in [-0.4, -0.2) is 47.1 Å². The van der Waals surface area contributed by atoms with Gasteiger partial charge in [-0.15, -0.1) is 0 Å². The second kappa shape index (κ2) is 4.52. The zero-order valence-electron chi connectivity index (χ0n) is 8.75. The van der Waals surface area contributed by atoms with Crippen molar-refractivity contribution in [3.63, 3.8) is 0 Å². The molecule has 1 atom stereocenters. The first-order valence-corrected chi connectivity index (χ1v) is 6.71. The van der Waals surface area contributed by atoms with Crippen molar-refractivity contribution >= 4 is 8.72 Å². The Morgan fingerprint density at radius 2 is 2.08 bits per heavy atom. The highest BCUT2D eigenvalue weighted by Crippen LogP contribution is 2.30. The molecule has 0 spiro atoms. The van der Waals surface area contributed by atoms with Crippen LogP contribution in [0.15, 0.2) is 0 Å². The van der Waals surface area contributed by atoms with Crippen LogP contribution in [0, 0.1) is 5.92 Å². The average molecular weight is 204 g/mol. The topological polar surface area (TPSA) is 47.7 Å². The Morgan fingerprint density at radius 1 is 1.46 bits per heavy atom. The smallest absolute Gasteiger partial charge is 0.386 e. The first kappa shape index (κ1) is 11.1. The van der Waals surface area contributed by atoms with Crippen molar-refractivity contribution in [2.24, 2.45) is 11.7 Å². The van der Waals surface area contributed by atoms with Gasteiger partial charge in [-0.25, -0.2) is 0 Å². The lowest BCUT2D eigenvalue weighted by Gasteiger charge is -2.31. The summed E-state index contributed by atoms with van der Waals surface area (Å²) in [5.74, 6) is 0.665. The van der Waals surface area contributed by atoms with E-state index in [9.17, 15) is 0 Å². The molecule has 0 amide bonds. The molecule has 1 fully saturated rings. The number of rotatable bonds is 4. The minimum Gasteiger partial charge on any atom is -0.386 e. The average Bonchev–Trinajstić information content (AvgIpc) is 2.44. The molecule has 0 aromatic rings. The Labute approximate surface area is 81.3 Å². The number of hydrogen-bond donors (Lipinski definition) is 1. The molecule has 13 heavy (non-hydrogen) atoms. The van der Waals surface area contributed by atoms with Gasteiger partial charge in [-0.1, -0.05) is 6.92 Å². The third kappa shape index (κ3) is 2.11. The highest BCUT2D eigenvalue weighted by Gasteiger charge is 2.49. The van der Waals surface area contributed by atoms with Crippen molar-refractivity contribution in [1.29, 1.82) is 0 Å². The maximum absolute atomic E-state index is 5.57. The lowest BCUT2D eigenvalue weighted by Crippen LogP contribution is -2.54. The molecule has 0 aromatic carbocycles. The van der Waals surface area contributed by atoms with Gasteiger partial charge in [0.2, 0.25) is 0 Å². The second-order valence-electron chi connectivity index (χ2n) is 3.66. The van der Waals surface area contributed by atoms with Gasteiger partial charge in [0.05, 0.1) is 0 Å². The van der Waals surface area contributed by atoms with Gasteiger partial charge >= 0.3 is 8.72 Å². The van der Waals surface area contributed by atoms with Crippen LogP contribution in [0.5, 0.6) is 0 Å². The molecule has 5 heteroatoms. The van der Waals surface area contributed by atoms with E-state index in [4.69, 9.17) is 14.6 Å². The van der Waals surface area contributed by atoms with Gasteiger partial charge < -0.3 is 14.6 Å². The third-order valence-electron chi connectivity index (χ3n) is 2.66. The van der Waals surface area contributed by atoms with Crippen LogP contribution in [0.1, 0.15) is 6.92 Å². The molecule has 0 bridgehead atoms. The minimum atomic E-state index is -2.04. The van der Waals surface area contributed by atoms with Crippen molar-refractivity contribution in [2.45, 2.75) is 13.0 Å². The maximum Gasteiger partial charge on any atom is 0.427 e. The van der Waals surface area contributed by atoms with Crippen LogP contribution in [0.25, 0.3) is 0 Å². The van der Waals surface area contributed by atoms with Crippen molar-refractivity contribution in [2.75, 3.05) is 33.9 Å². The number of hydrogen-bond acceptors (Lipinski definition) is 4. The number of nitrogens with two attached hydrogens (primary N) is 1. The summed E-state index contributed by atoms with van der Waals surface area (Å²) in [4.78, 5) is 0. The molecule has 4 nitrogen and oxygen atoms in total. The Bertz CT molecular complexity index is 164. The molecule has 0 aromatic heterocycles. The van der Waals surface area contributed by atoms with Gasteiger partial charge in [0.15, 0.2) is 0 Å². The molecular weight excluding hydrogens is 184 g/mol. The molecule has 1 heterocycles. The highest BCUT2D eigenvalue weighted by atomic mass is 28.4. The summed E-state index contributed by atoms with van der Waals surface area (Å²) in [5.41, 5.74) is 5.55.